The molecule has 0 saturated heterocycles. The van der Waals surface area contributed by atoms with Gasteiger partial charge in [0.05, 0.1) is 6.10 Å². The lowest BCUT2D eigenvalue weighted by atomic mass is 10.3. The van der Waals surface area contributed by atoms with Crippen molar-refractivity contribution in [3.05, 3.63) is 35.9 Å². The summed E-state index contributed by atoms with van der Waals surface area (Å²) in [5.41, 5.74) is -2.21. The van der Waals surface area contributed by atoms with Crippen LogP contribution in [0.2, 0.25) is 0 Å². The molecule has 2 heterocycles. The molecule has 0 unspecified atom stereocenters. The number of alkyl halides is 6. The van der Waals surface area contributed by atoms with Crippen molar-refractivity contribution in [2.75, 3.05) is 30.3 Å². The molecule has 7 nitrogen and oxygen atoms in total. The molecule has 0 saturated carbocycles. The molecule has 2 aromatic heterocycles. The molecule has 13 heteroatoms. The van der Waals surface area contributed by atoms with Crippen molar-refractivity contribution in [3.63, 3.8) is 0 Å². The summed E-state index contributed by atoms with van der Waals surface area (Å²) in [5, 5.41) is 5.21. The van der Waals surface area contributed by atoms with Crippen LogP contribution in [0.15, 0.2) is 24.5 Å². The third-order valence-electron chi connectivity index (χ3n) is 3.27. The van der Waals surface area contributed by atoms with E-state index < -0.39 is 29.8 Å². The third-order valence-corrected chi connectivity index (χ3v) is 3.27. The van der Waals surface area contributed by atoms with Gasteiger partial charge >= 0.3 is 12.4 Å². The Morgan fingerprint density at radius 1 is 0.857 bits per heavy atom. The van der Waals surface area contributed by atoms with Crippen LogP contribution in [0.1, 0.15) is 18.3 Å². The molecule has 0 radical (unpaired) electrons. The van der Waals surface area contributed by atoms with Crippen molar-refractivity contribution in [3.8, 4) is 0 Å². The Balaban J connectivity index is 1.97. The van der Waals surface area contributed by atoms with Crippen molar-refractivity contribution in [2.45, 2.75) is 25.4 Å². The van der Waals surface area contributed by atoms with E-state index in [1.807, 2.05) is 0 Å². The van der Waals surface area contributed by atoms with Crippen LogP contribution in [-0.4, -0.2) is 45.7 Å². The van der Waals surface area contributed by atoms with E-state index in [2.05, 4.69) is 30.6 Å². The smallest absolute Gasteiger partial charge is 0.375 e. The van der Waals surface area contributed by atoms with Crippen LogP contribution in [0.5, 0.6) is 0 Å². The molecule has 0 aliphatic carbocycles. The SMILES string of the molecule is CCOC(CNc1nccc(C(F)(F)F)n1)CNc1nccc(C(F)(F)F)n1. The van der Waals surface area contributed by atoms with Crippen molar-refractivity contribution >= 4 is 11.9 Å². The van der Waals surface area contributed by atoms with Crippen LogP contribution in [0.25, 0.3) is 0 Å². The summed E-state index contributed by atoms with van der Waals surface area (Å²) < 4.78 is 81.4. The van der Waals surface area contributed by atoms with Gasteiger partial charge in [0.25, 0.3) is 0 Å². The lowest BCUT2D eigenvalue weighted by Gasteiger charge is -2.19. The van der Waals surface area contributed by atoms with E-state index in [9.17, 15) is 26.3 Å². The number of ether oxygens (including phenoxy) is 1. The molecular weight excluding hydrogens is 394 g/mol. The zero-order valence-electron chi connectivity index (χ0n) is 14.5. The molecule has 154 valence electrons. The second-order valence-electron chi connectivity index (χ2n) is 5.37. The first-order valence-corrected chi connectivity index (χ1v) is 7.99. The van der Waals surface area contributed by atoms with E-state index in [0.29, 0.717) is 0 Å². The lowest BCUT2D eigenvalue weighted by Crippen LogP contribution is -2.32. The van der Waals surface area contributed by atoms with E-state index in [1.165, 1.54) is 0 Å². The maximum atomic E-state index is 12.7. The van der Waals surface area contributed by atoms with Crippen molar-refractivity contribution in [1.29, 1.82) is 0 Å². The molecule has 0 fully saturated rings. The summed E-state index contributed by atoms with van der Waals surface area (Å²) in [4.78, 5) is 14.1. The zero-order valence-corrected chi connectivity index (χ0v) is 14.5. The normalized spacial score (nSPS) is 12.3. The summed E-state index contributed by atoms with van der Waals surface area (Å²) >= 11 is 0. The van der Waals surface area contributed by atoms with Crippen LogP contribution in [-0.2, 0) is 17.1 Å². The van der Waals surface area contributed by atoms with Gasteiger partial charge in [0, 0.05) is 32.1 Å². The van der Waals surface area contributed by atoms with E-state index in [4.69, 9.17) is 4.74 Å². The lowest BCUT2D eigenvalue weighted by molar-refractivity contribution is -0.141. The van der Waals surface area contributed by atoms with Gasteiger partial charge in [-0.15, -0.1) is 0 Å². The molecule has 0 aliphatic rings. The van der Waals surface area contributed by atoms with Gasteiger partial charge in [0.2, 0.25) is 11.9 Å². The summed E-state index contributed by atoms with van der Waals surface area (Å²) in [6.45, 7) is 1.96. The molecule has 0 bridgehead atoms. The highest BCUT2D eigenvalue weighted by Crippen LogP contribution is 2.28. The molecule has 28 heavy (non-hydrogen) atoms. The predicted octanol–water partition coefficient (Wildman–Crippen LogP) is 3.23. The number of rotatable bonds is 8. The second-order valence-corrected chi connectivity index (χ2v) is 5.37. The Hall–Kier alpha value is -2.70. The first-order chi connectivity index (χ1) is 13.1. The molecule has 0 aromatic carbocycles. The third kappa shape index (κ3) is 6.48. The quantitative estimate of drug-likeness (QED) is 0.647. The molecule has 0 spiro atoms. The van der Waals surface area contributed by atoms with Gasteiger partial charge < -0.3 is 15.4 Å². The Bertz CT molecular complexity index is 708. The zero-order chi connectivity index (χ0) is 20.8. The Morgan fingerprint density at radius 3 is 1.64 bits per heavy atom. The van der Waals surface area contributed by atoms with E-state index >= 15 is 0 Å². The average Bonchev–Trinajstić information content (AvgIpc) is 2.63. The molecular formula is C15H16F6N6O. The highest BCUT2D eigenvalue weighted by Gasteiger charge is 2.33. The van der Waals surface area contributed by atoms with Crippen molar-refractivity contribution < 1.29 is 31.1 Å². The molecule has 2 aromatic rings. The topological polar surface area (TPSA) is 84.9 Å². The maximum absolute atomic E-state index is 12.7. The summed E-state index contributed by atoms with van der Waals surface area (Å²) in [7, 11) is 0. The minimum Gasteiger partial charge on any atom is -0.375 e. The van der Waals surface area contributed by atoms with Gasteiger partial charge in [0.1, 0.15) is 11.4 Å². The minimum atomic E-state index is -4.61. The van der Waals surface area contributed by atoms with Crippen molar-refractivity contribution in [2.24, 2.45) is 0 Å². The van der Waals surface area contributed by atoms with Gasteiger partial charge in [-0.3, -0.25) is 0 Å². The molecule has 0 atom stereocenters. The van der Waals surface area contributed by atoms with Crippen LogP contribution in [0.4, 0.5) is 38.2 Å². The Kier molecular flexibility index (Phi) is 6.94. The largest absolute Gasteiger partial charge is 0.433 e. The molecule has 2 N–H and O–H groups in total. The number of anilines is 2. The molecule has 2 rings (SSSR count). The van der Waals surface area contributed by atoms with E-state index in [0.717, 1.165) is 24.5 Å². The fraction of sp³-hybridized carbons (Fsp3) is 0.467. The van der Waals surface area contributed by atoms with Crippen molar-refractivity contribution in [1.82, 2.24) is 19.9 Å². The number of nitrogens with zero attached hydrogens (tertiary/aromatic N) is 4. The number of nitrogens with one attached hydrogen (secondary N) is 2. The number of hydrogen-bond acceptors (Lipinski definition) is 7. The van der Waals surface area contributed by atoms with Gasteiger partial charge in [0.15, 0.2) is 0 Å². The van der Waals surface area contributed by atoms with Gasteiger partial charge in [-0.2, -0.15) is 26.3 Å². The van der Waals surface area contributed by atoms with Gasteiger partial charge in [-0.05, 0) is 19.1 Å². The predicted molar refractivity (Wildman–Crippen MR) is 86.5 cm³/mol. The summed E-state index contributed by atoms with van der Waals surface area (Å²) in [6, 6.07) is 1.47. The van der Waals surface area contributed by atoms with Crippen LogP contribution < -0.4 is 10.6 Å². The highest BCUT2D eigenvalue weighted by molar-refractivity contribution is 5.28. The summed E-state index contributed by atoms with van der Waals surface area (Å²) in [6.07, 6.45) is -7.92. The monoisotopic (exact) mass is 410 g/mol. The standard InChI is InChI=1S/C15H16F6N6O/c1-2-28-9(7-24-12-22-5-3-10(26-12)14(16,17)18)8-25-13-23-6-4-11(27-13)15(19,20)21/h3-6,9H,2,7-8H2,1H3,(H,22,24,26)(H,23,25,27). The maximum Gasteiger partial charge on any atom is 0.433 e. The summed E-state index contributed by atoms with van der Waals surface area (Å²) in [5.74, 6) is -0.510. The Labute approximate surface area is 155 Å². The fourth-order valence-corrected chi connectivity index (χ4v) is 2.04. The molecule has 0 amide bonds. The second kappa shape index (κ2) is 8.99. The first kappa shape index (κ1) is 21.6. The van der Waals surface area contributed by atoms with E-state index in [-0.39, 0.29) is 31.6 Å². The van der Waals surface area contributed by atoms with Gasteiger partial charge in [-0.25, -0.2) is 19.9 Å². The average molecular weight is 410 g/mol. The first-order valence-electron chi connectivity index (χ1n) is 7.99. The minimum absolute atomic E-state index is 0.00110. The number of hydrogen-bond donors (Lipinski definition) is 2. The number of aromatic nitrogens is 4. The van der Waals surface area contributed by atoms with E-state index in [1.54, 1.807) is 6.92 Å². The Morgan fingerprint density at radius 2 is 1.29 bits per heavy atom. The fourth-order valence-electron chi connectivity index (χ4n) is 2.04. The molecule has 0 aliphatic heterocycles. The van der Waals surface area contributed by atoms with Gasteiger partial charge in [-0.1, -0.05) is 0 Å². The van der Waals surface area contributed by atoms with Crippen LogP contribution in [0, 0.1) is 0 Å². The van der Waals surface area contributed by atoms with Crippen LogP contribution >= 0.6 is 0 Å². The van der Waals surface area contributed by atoms with Crippen LogP contribution in [0.3, 0.4) is 0 Å². The highest BCUT2D eigenvalue weighted by atomic mass is 19.4. The number of halogens is 6.